The van der Waals surface area contributed by atoms with Crippen LogP contribution >= 0.6 is 0 Å². The molecule has 0 spiro atoms. The molecule has 0 fully saturated rings. The minimum absolute atomic E-state index is 0.0476. The molecule has 0 bridgehead atoms. The first-order valence-electron chi connectivity index (χ1n) is 17.0. The summed E-state index contributed by atoms with van der Waals surface area (Å²) in [6, 6.07) is -0.439. The first kappa shape index (κ1) is 60.8. The van der Waals surface area contributed by atoms with Gasteiger partial charge in [0, 0.05) is 12.8 Å². The molecule has 2 aromatic rings. The number of rotatable bonds is 20. The van der Waals surface area contributed by atoms with E-state index in [0.29, 0.717) is 0 Å². The van der Waals surface area contributed by atoms with E-state index < -0.39 is 150 Å². The van der Waals surface area contributed by atoms with Crippen molar-refractivity contribution in [1.29, 1.82) is 0 Å². The summed E-state index contributed by atoms with van der Waals surface area (Å²) in [5, 5.41) is 19.2. The van der Waals surface area contributed by atoms with E-state index in [1.54, 1.807) is 0 Å². The van der Waals surface area contributed by atoms with Crippen molar-refractivity contribution in [3.05, 3.63) is 59.7 Å². The molecule has 2 N–H and O–H groups in total. The van der Waals surface area contributed by atoms with Gasteiger partial charge in [-0.15, -0.1) is 0 Å². The number of halogens is 32. The predicted octanol–water partition coefficient (Wildman–Crippen LogP) is 12.8. The van der Waals surface area contributed by atoms with E-state index in [1.807, 2.05) is 0 Å². The molecule has 0 aromatic heterocycles. The number of hydrogen-bond acceptors (Lipinski definition) is 4. The van der Waals surface area contributed by atoms with Crippen LogP contribution in [0.25, 0.3) is 0 Å². The Balaban J connectivity index is 2.37. The molecule has 0 heterocycles. The molecule has 0 aliphatic heterocycles. The maximum Gasteiger partial charge on any atom is 0.460 e. The zero-order valence-electron chi connectivity index (χ0n) is 31.9. The molecule has 0 aliphatic carbocycles. The summed E-state index contributed by atoms with van der Waals surface area (Å²) in [6.07, 6.45) is -41.9. The molecule has 0 aliphatic rings. The highest BCUT2D eigenvalue weighted by Crippen LogP contribution is 2.63. The molecule has 400 valence electrons. The molecule has 2 aromatic carbocycles. The molecule has 0 saturated carbocycles. The maximum absolute atomic E-state index is 14.5. The van der Waals surface area contributed by atoms with Crippen LogP contribution in [0.1, 0.15) is 24.0 Å². The van der Waals surface area contributed by atoms with Crippen molar-refractivity contribution in [3.63, 3.8) is 0 Å². The monoisotopic (exact) mass is 1090 g/mol. The molecular weight excluding hydrogens is 1070 g/mol. The summed E-state index contributed by atoms with van der Waals surface area (Å²) in [6.45, 7) is -3.98. The first-order valence-corrected chi connectivity index (χ1v) is 17.0. The zero-order chi connectivity index (χ0) is 54.9. The van der Waals surface area contributed by atoms with E-state index in [0.717, 1.165) is 0 Å². The average molecular weight is 1090 g/mol. The van der Waals surface area contributed by atoms with Crippen LogP contribution in [0.5, 0.6) is 11.5 Å². The van der Waals surface area contributed by atoms with Gasteiger partial charge in [0.05, 0.1) is 12.2 Å². The second kappa shape index (κ2) is 18.1. The molecular formula is C33H20F32O4. The minimum atomic E-state index is -8.31. The van der Waals surface area contributed by atoms with Crippen LogP contribution < -0.4 is 9.47 Å². The van der Waals surface area contributed by atoms with Gasteiger partial charge in [-0.3, -0.25) is 0 Å². The van der Waals surface area contributed by atoms with Gasteiger partial charge in [0.2, 0.25) is 5.41 Å². The fourth-order valence-electron chi connectivity index (χ4n) is 5.54. The first-order chi connectivity index (χ1) is 30.2. The summed E-state index contributed by atoms with van der Waals surface area (Å²) < 4.78 is 442. The Bertz CT molecular complexity index is 1890. The van der Waals surface area contributed by atoms with Gasteiger partial charge in [-0.25, -0.2) is 0 Å². The Kier molecular flexibility index (Phi) is 15.9. The van der Waals surface area contributed by atoms with E-state index in [2.05, 4.69) is 9.47 Å². The molecule has 2 rings (SSSR count). The fraction of sp³-hybridized carbons (Fsp3) is 0.636. The Labute approximate surface area is 359 Å². The number of aliphatic hydroxyl groups excluding tert-OH is 2. The molecule has 2 atom stereocenters. The van der Waals surface area contributed by atoms with Crippen LogP contribution in [0.3, 0.4) is 0 Å². The van der Waals surface area contributed by atoms with Gasteiger partial charge in [-0.2, -0.15) is 140 Å². The van der Waals surface area contributed by atoms with E-state index in [9.17, 15) is 151 Å². The standard InChI is InChI=1S/C33H20F32O4/c34-19(35,22(38,39)24(42,43)26(46,47)28(50,51)32(60,61)62)9-15(66)11-68-17-5-1-13(2-6-17)21(30(54,55)56,31(57,58)59)14-3-7-18(8-4-14)69-12-16(67)10-20(36,37)23(40,41)25(44,45)27(48,49)29(52,53)33(63,64)65/h1-8,15-16,66-67H,9-12H2. The van der Waals surface area contributed by atoms with E-state index in [1.165, 1.54) is 0 Å². The highest BCUT2D eigenvalue weighted by atomic mass is 19.5. The lowest BCUT2D eigenvalue weighted by Gasteiger charge is -2.40. The largest absolute Gasteiger partial charge is 0.491 e. The average Bonchev–Trinajstić information content (AvgIpc) is 3.14. The third-order valence-corrected chi connectivity index (χ3v) is 9.29. The van der Waals surface area contributed by atoms with Gasteiger partial charge in [0.1, 0.15) is 24.7 Å². The van der Waals surface area contributed by atoms with Crippen LogP contribution in [-0.2, 0) is 5.41 Å². The van der Waals surface area contributed by atoms with Crippen molar-refractivity contribution in [2.24, 2.45) is 0 Å². The van der Waals surface area contributed by atoms with Gasteiger partial charge < -0.3 is 19.7 Å². The lowest BCUT2D eigenvalue weighted by Crippen LogP contribution is -2.70. The number of benzene rings is 2. The van der Waals surface area contributed by atoms with Gasteiger partial charge in [0.15, 0.2) is 0 Å². The van der Waals surface area contributed by atoms with Gasteiger partial charge in [-0.05, 0) is 35.4 Å². The summed E-state index contributed by atoms with van der Waals surface area (Å²) in [4.78, 5) is 0. The van der Waals surface area contributed by atoms with E-state index in [-0.39, 0.29) is 48.5 Å². The van der Waals surface area contributed by atoms with Crippen molar-refractivity contribution in [1.82, 2.24) is 0 Å². The fourth-order valence-corrected chi connectivity index (χ4v) is 5.54. The Morgan fingerprint density at radius 3 is 0.725 bits per heavy atom. The van der Waals surface area contributed by atoms with Gasteiger partial charge in [0.25, 0.3) is 0 Å². The molecule has 4 nitrogen and oxygen atoms in total. The Hall–Kier alpha value is -4.28. The Morgan fingerprint density at radius 2 is 0.522 bits per heavy atom. The molecule has 0 saturated heterocycles. The lowest BCUT2D eigenvalue weighted by molar-refractivity contribution is -0.440. The highest BCUT2D eigenvalue weighted by Gasteiger charge is 2.92. The SMILES string of the molecule is OC(COc1ccc(C(c2ccc(OCC(O)CC(F)(F)C(F)(F)C(F)(F)C(F)(F)C(F)(F)C(F)(F)F)cc2)(C(F)(F)F)C(F)(F)F)cc1)CC(F)(F)C(F)(F)C(F)(F)C(F)(F)C(F)(F)C(F)(F)F. The molecule has 2 unspecified atom stereocenters. The second-order valence-corrected chi connectivity index (χ2v) is 14.1. The zero-order valence-corrected chi connectivity index (χ0v) is 31.9. The maximum atomic E-state index is 14.5. The van der Waals surface area contributed by atoms with Crippen molar-refractivity contribution in [2.45, 2.75) is 114 Å². The van der Waals surface area contributed by atoms with E-state index >= 15 is 0 Å². The van der Waals surface area contributed by atoms with Crippen molar-refractivity contribution < 1.29 is 160 Å². The normalized spacial score (nSPS) is 16.4. The van der Waals surface area contributed by atoms with Crippen molar-refractivity contribution in [3.8, 4) is 11.5 Å². The molecule has 36 heteroatoms. The van der Waals surface area contributed by atoms with Crippen LogP contribution in [0.4, 0.5) is 140 Å². The highest BCUT2D eigenvalue weighted by molar-refractivity contribution is 5.47. The number of aliphatic hydroxyl groups is 2. The third kappa shape index (κ3) is 10.0. The van der Waals surface area contributed by atoms with Crippen LogP contribution in [0.2, 0.25) is 0 Å². The van der Waals surface area contributed by atoms with Crippen LogP contribution in [0, 0.1) is 0 Å². The van der Waals surface area contributed by atoms with Crippen molar-refractivity contribution in [2.75, 3.05) is 13.2 Å². The third-order valence-electron chi connectivity index (χ3n) is 9.29. The predicted molar refractivity (Wildman–Crippen MR) is 160 cm³/mol. The summed E-state index contributed by atoms with van der Waals surface area (Å²) in [7, 11) is 0. The molecule has 69 heavy (non-hydrogen) atoms. The van der Waals surface area contributed by atoms with Crippen molar-refractivity contribution >= 4 is 0 Å². The number of alkyl halides is 32. The number of hydrogen-bond donors (Lipinski definition) is 2. The molecule has 0 radical (unpaired) electrons. The molecule has 0 amide bonds. The van der Waals surface area contributed by atoms with E-state index in [4.69, 9.17) is 0 Å². The van der Waals surface area contributed by atoms with Crippen LogP contribution in [0.15, 0.2) is 48.5 Å². The summed E-state index contributed by atoms with van der Waals surface area (Å²) >= 11 is 0. The topological polar surface area (TPSA) is 58.9 Å². The quantitative estimate of drug-likeness (QED) is 0.130. The summed E-state index contributed by atoms with van der Waals surface area (Å²) in [5.74, 6) is -81.1. The number of ether oxygens (including phenoxy) is 2. The van der Waals surface area contributed by atoms with Crippen LogP contribution in [-0.4, -0.2) is 120 Å². The lowest BCUT2D eigenvalue weighted by atomic mass is 9.73. The second-order valence-electron chi connectivity index (χ2n) is 14.1. The van der Waals surface area contributed by atoms with Gasteiger partial charge >= 0.3 is 83.9 Å². The Morgan fingerprint density at radius 1 is 0.304 bits per heavy atom. The van der Waals surface area contributed by atoms with Gasteiger partial charge in [-0.1, -0.05) is 24.3 Å². The minimum Gasteiger partial charge on any atom is -0.491 e. The smallest absolute Gasteiger partial charge is 0.460 e. The summed E-state index contributed by atoms with van der Waals surface area (Å²) in [5.41, 5.74) is -9.12.